The van der Waals surface area contributed by atoms with Crippen LogP contribution in [0.1, 0.15) is 17.0 Å². The molecule has 0 aliphatic rings. The summed E-state index contributed by atoms with van der Waals surface area (Å²) in [6.45, 7) is 4.14. The molecule has 2 heterocycles. The van der Waals surface area contributed by atoms with Crippen LogP contribution < -0.4 is 0 Å². The molecule has 2 rings (SSSR count). The van der Waals surface area contributed by atoms with Crippen molar-refractivity contribution in [2.75, 3.05) is 0 Å². The summed E-state index contributed by atoms with van der Waals surface area (Å²) in [5.74, 6) is 0. The highest BCUT2D eigenvalue weighted by Crippen LogP contribution is 2.10. The van der Waals surface area contributed by atoms with Crippen molar-refractivity contribution in [3.8, 4) is 0 Å². The molecule has 0 aliphatic carbocycles. The van der Waals surface area contributed by atoms with Crippen molar-refractivity contribution in [2.45, 2.75) is 13.8 Å². The summed E-state index contributed by atoms with van der Waals surface area (Å²) >= 11 is 0. The van der Waals surface area contributed by atoms with E-state index in [1.807, 2.05) is 13.3 Å². The first-order chi connectivity index (χ1) is 7.18. The highest BCUT2D eigenvalue weighted by molar-refractivity contribution is 5.81. The highest BCUT2D eigenvalue weighted by atomic mass is 15.4. The molecule has 0 saturated heterocycles. The van der Waals surface area contributed by atoms with Gasteiger partial charge in [-0.3, -0.25) is 0 Å². The molecule has 0 amide bonds. The van der Waals surface area contributed by atoms with Gasteiger partial charge in [0.25, 0.3) is 0 Å². The van der Waals surface area contributed by atoms with E-state index in [2.05, 4.69) is 39.8 Å². The summed E-state index contributed by atoms with van der Waals surface area (Å²) in [5.41, 5.74) is 3.53. The Bertz CT molecular complexity index is 478. The smallest absolute Gasteiger partial charge is 0.141 e. The number of aryl methyl sites for hydroxylation is 1. The molecule has 0 unspecified atom stereocenters. The Morgan fingerprint density at radius 3 is 2.47 bits per heavy atom. The first-order valence-corrected chi connectivity index (χ1v) is 4.70. The summed E-state index contributed by atoms with van der Waals surface area (Å²) in [5, 5.41) is 11.6. The van der Waals surface area contributed by atoms with E-state index in [4.69, 9.17) is 0 Å². The molecule has 0 saturated carbocycles. The van der Waals surface area contributed by atoms with Gasteiger partial charge in [-0.05, 0) is 19.9 Å². The van der Waals surface area contributed by atoms with E-state index < -0.39 is 0 Å². The average Bonchev–Trinajstić information content (AvgIpc) is 2.80. The third kappa shape index (κ3) is 1.81. The molecule has 0 radical (unpaired) electrons. The number of hydrogen-bond donors (Lipinski definition) is 0. The maximum Gasteiger partial charge on any atom is 0.141 e. The standard InChI is InChI=1S/C10H13N5/c1-8-4-10(9(2)14(8)3)5-13-15-6-11-12-7-15/h4-7H,1-3H3. The van der Waals surface area contributed by atoms with Crippen LogP contribution in [0.25, 0.3) is 0 Å². The third-order valence-corrected chi connectivity index (χ3v) is 2.55. The summed E-state index contributed by atoms with van der Waals surface area (Å²) in [6.07, 6.45) is 4.93. The molecule has 15 heavy (non-hydrogen) atoms. The van der Waals surface area contributed by atoms with Gasteiger partial charge in [0, 0.05) is 24.0 Å². The average molecular weight is 203 g/mol. The Balaban J connectivity index is 2.28. The van der Waals surface area contributed by atoms with Crippen LogP contribution in [0.4, 0.5) is 0 Å². The van der Waals surface area contributed by atoms with Crippen LogP contribution >= 0.6 is 0 Å². The van der Waals surface area contributed by atoms with Crippen molar-refractivity contribution in [2.24, 2.45) is 12.1 Å². The van der Waals surface area contributed by atoms with Gasteiger partial charge in [0.1, 0.15) is 12.7 Å². The Morgan fingerprint density at radius 2 is 1.93 bits per heavy atom. The molecule has 0 spiro atoms. The first-order valence-electron chi connectivity index (χ1n) is 4.70. The van der Waals surface area contributed by atoms with Gasteiger partial charge in [0.15, 0.2) is 0 Å². The molecule has 5 heteroatoms. The molecule has 0 bridgehead atoms. The van der Waals surface area contributed by atoms with Crippen molar-refractivity contribution in [1.82, 2.24) is 19.4 Å². The minimum Gasteiger partial charge on any atom is -0.352 e. The predicted octanol–water partition coefficient (Wildman–Crippen LogP) is 1.12. The molecule has 5 nitrogen and oxygen atoms in total. The molecule has 78 valence electrons. The van der Waals surface area contributed by atoms with E-state index >= 15 is 0 Å². The predicted molar refractivity (Wildman–Crippen MR) is 57.9 cm³/mol. The SMILES string of the molecule is Cc1cc(C=Nn2cnnc2)c(C)n1C. The zero-order valence-corrected chi connectivity index (χ0v) is 9.05. The summed E-state index contributed by atoms with van der Waals surface area (Å²) in [4.78, 5) is 0. The lowest BCUT2D eigenvalue weighted by atomic mass is 10.3. The monoisotopic (exact) mass is 203 g/mol. The van der Waals surface area contributed by atoms with Crippen LogP contribution in [0.3, 0.4) is 0 Å². The van der Waals surface area contributed by atoms with Gasteiger partial charge in [-0.15, -0.1) is 10.2 Å². The van der Waals surface area contributed by atoms with Crippen LogP contribution in [-0.2, 0) is 7.05 Å². The lowest BCUT2D eigenvalue weighted by Gasteiger charge is -1.98. The fourth-order valence-electron chi connectivity index (χ4n) is 1.40. The van der Waals surface area contributed by atoms with Gasteiger partial charge in [-0.1, -0.05) is 0 Å². The van der Waals surface area contributed by atoms with Crippen LogP contribution in [0.5, 0.6) is 0 Å². The Morgan fingerprint density at radius 1 is 1.27 bits per heavy atom. The number of rotatable bonds is 2. The third-order valence-electron chi connectivity index (χ3n) is 2.55. The van der Waals surface area contributed by atoms with Gasteiger partial charge in [-0.25, -0.2) is 4.68 Å². The Labute approximate surface area is 88.1 Å². The van der Waals surface area contributed by atoms with Crippen molar-refractivity contribution in [3.63, 3.8) is 0 Å². The molecule has 0 aliphatic heterocycles. The second kappa shape index (κ2) is 3.68. The van der Waals surface area contributed by atoms with Gasteiger partial charge < -0.3 is 4.57 Å². The molecule has 2 aromatic heterocycles. The van der Waals surface area contributed by atoms with E-state index in [1.54, 1.807) is 17.3 Å². The number of hydrogen-bond acceptors (Lipinski definition) is 3. The fourth-order valence-corrected chi connectivity index (χ4v) is 1.40. The maximum atomic E-state index is 4.21. The van der Waals surface area contributed by atoms with Crippen molar-refractivity contribution in [1.29, 1.82) is 0 Å². The summed E-state index contributed by atoms with van der Waals surface area (Å²) in [7, 11) is 2.04. The largest absolute Gasteiger partial charge is 0.352 e. The lowest BCUT2D eigenvalue weighted by molar-refractivity contribution is 0.842. The Kier molecular flexibility index (Phi) is 2.37. The van der Waals surface area contributed by atoms with Gasteiger partial charge in [0.05, 0.1) is 6.21 Å². The molecule has 0 atom stereocenters. The lowest BCUT2D eigenvalue weighted by Crippen LogP contribution is -1.94. The second-order valence-corrected chi connectivity index (χ2v) is 3.47. The van der Waals surface area contributed by atoms with E-state index in [1.165, 1.54) is 11.4 Å². The normalized spacial score (nSPS) is 11.4. The van der Waals surface area contributed by atoms with E-state index in [9.17, 15) is 0 Å². The quantitative estimate of drug-likeness (QED) is 0.686. The molecule has 0 aromatic carbocycles. The topological polar surface area (TPSA) is 48.0 Å². The zero-order chi connectivity index (χ0) is 10.8. The molecule has 0 N–H and O–H groups in total. The Hall–Kier alpha value is -1.91. The summed E-state index contributed by atoms with van der Waals surface area (Å²) in [6, 6.07) is 2.10. The number of aromatic nitrogens is 4. The van der Waals surface area contributed by atoms with Crippen LogP contribution in [0, 0.1) is 13.8 Å². The maximum absolute atomic E-state index is 4.21. The highest BCUT2D eigenvalue weighted by Gasteiger charge is 2.02. The van der Waals surface area contributed by atoms with Crippen LogP contribution in [0.2, 0.25) is 0 Å². The van der Waals surface area contributed by atoms with Crippen LogP contribution in [0.15, 0.2) is 23.8 Å². The number of nitrogens with zero attached hydrogens (tertiary/aromatic N) is 5. The van der Waals surface area contributed by atoms with Crippen molar-refractivity contribution < 1.29 is 0 Å². The molecular weight excluding hydrogens is 190 g/mol. The van der Waals surface area contributed by atoms with E-state index in [0.717, 1.165) is 5.56 Å². The molecule has 2 aromatic rings. The van der Waals surface area contributed by atoms with E-state index in [-0.39, 0.29) is 0 Å². The van der Waals surface area contributed by atoms with Crippen LogP contribution in [-0.4, -0.2) is 25.7 Å². The fraction of sp³-hybridized carbons (Fsp3) is 0.300. The minimum atomic E-state index is 1.11. The summed E-state index contributed by atoms with van der Waals surface area (Å²) < 4.78 is 3.70. The first kappa shape index (κ1) is 9.64. The van der Waals surface area contributed by atoms with Crippen molar-refractivity contribution >= 4 is 6.21 Å². The van der Waals surface area contributed by atoms with Gasteiger partial charge in [-0.2, -0.15) is 5.10 Å². The van der Waals surface area contributed by atoms with E-state index in [0.29, 0.717) is 0 Å². The van der Waals surface area contributed by atoms with Gasteiger partial charge in [0.2, 0.25) is 0 Å². The van der Waals surface area contributed by atoms with Crippen molar-refractivity contribution in [3.05, 3.63) is 35.7 Å². The zero-order valence-electron chi connectivity index (χ0n) is 9.05. The molecule has 0 fully saturated rings. The molecular formula is C10H13N5. The second-order valence-electron chi connectivity index (χ2n) is 3.47. The minimum absolute atomic E-state index is 1.11. The van der Waals surface area contributed by atoms with Gasteiger partial charge >= 0.3 is 0 Å².